The number of ether oxygens (including phenoxy) is 8. The fraction of sp³-hybridized carbons (Fsp3) is 0.450. The molecule has 0 spiro atoms. The number of hydrogen-bond donors (Lipinski definition) is 0. The Morgan fingerprint density at radius 1 is 0.571 bits per heavy atom. The van der Waals surface area contributed by atoms with Gasteiger partial charge in [0.05, 0.1) is 12.4 Å². The van der Waals surface area contributed by atoms with Gasteiger partial charge in [0, 0.05) is 52.7 Å². The third kappa shape index (κ3) is 11.6. The van der Waals surface area contributed by atoms with Crippen molar-refractivity contribution in [1.29, 1.82) is 0 Å². The molecule has 4 heterocycles. The molecule has 0 N–H and O–H groups in total. The molecule has 2 aromatic carbocycles. The van der Waals surface area contributed by atoms with Crippen molar-refractivity contribution < 1.29 is 75.4 Å². The van der Waals surface area contributed by atoms with Gasteiger partial charge < -0.3 is 37.9 Å². The number of rotatable bonds is 14. The van der Waals surface area contributed by atoms with Gasteiger partial charge in [-0.3, -0.25) is 28.8 Å². The maximum Gasteiger partial charge on any atom is 0.303 e. The van der Waals surface area contributed by atoms with E-state index in [0.717, 1.165) is 53.3 Å². The topological polar surface area (TPSA) is 238 Å². The molecule has 6 rings (SSSR count). The Balaban J connectivity index is 1.49. The fourth-order valence-electron chi connectivity index (χ4n) is 7.12. The van der Waals surface area contributed by atoms with Crippen molar-refractivity contribution in [2.45, 2.75) is 101 Å². The quantitative estimate of drug-likeness (QED) is 0.130. The van der Waals surface area contributed by atoms with Crippen LogP contribution in [0.2, 0.25) is 0 Å². The Morgan fingerprint density at radius 3 is 1.27 bits per heavy atom. The van der Waals surface area contributed by atoms with Crippen LogP contribution in [0, 0.1) is 11.6 Å². The van der Waals surface area contributed by atoms with Crippen LogP contribution in [0.25, 0.3) is 22.5 Å². The number of esters is 6. The minimum Gasteiger partial charge on any atom is -0.463 e. The van der Waals surface area contributed by atoms with E-state index in [2.05, 4.69) is 20.6 Å². The predicted molar refractivity (Wildman–Crippen MR) is 209 cm³/mol. The van der Waals surface area contributed by atoms with E-state index >= 15 is 0 Å². The highest BCUT2D eigenvalue weighted by Gasteiger charge is 2.57. The first-order valence-corrected chi connectivity index (χ1v) is 20.2. The highest BCUT2D eigenvalue weighted by molar-refractivity contribution is 8.00. The first-order valence-electron chi connectivity index (χ1n) is 19.2. The summed E-state index contributed by atoms with van der Waals surface area (Å²) in [6.07, 6.45) is -5.56. The van der Waals surface area contributed by atoms with Crippen LogP contribution in [0.5, 0.6) is 0 Å². The van der Waals surface area contributed by atoms with Crippen LogP contribution in [0.1, 0.15) is 53.6 Å². The molecule has 0 amide bonds. The predicted octanol–water partition coefficient (Wildman–Crippen LogP) is 3.30. The summed E-state index contributed by atoms with van der Waals surface area (Å²) in [4.78, 5) is 75.6. The summed E-state index contributed by atoms with van der Waals surface area (Å²) in [6.45, 7) is 5.73. The summed E-state index contributed by atoms with van der Waals surface area (Å²) in [7, 11) is 0. The lowest BCUT2D eigenvalue weighted by molar-refractivity contribution is -0.217. The van der Waals surface area contributed by atoms with E-state index in [1.807, 2.05) is 0 Å². The van der Waals surface area contributed by atoms with E-state index in [0.29, 0.717) is 11.1 Å². The summed E-state index contributed by atoms with van der Waals surface area (Å²) in [5.74, 6) is -5.84. The zero-order valence-electron chi connectivity index (χ0n) is 34.5. The van der Waals surface area contributed by atoms with Crippen molar-refractivity contribution in [3.63, 3.8) is 0 Å². The molecular formula is C40H42F2N6O14S. The molecular weight excluding hydrogens is 859 g/mol. The smallest absolute Gasteiger partial charge is 0.303 e. The third-order valence-corrected chi connectivity index (χ3v) is 10.8. The number of thioether (sulfide) groups is 1. The summed E-state index contributed by atoms with van der Waals surface area (Å²) in [5.41, 5.74) is -1.82. The number of aromatic nitrogens is 6. The SMILES string of the molecule is CC(=O)OCC1O[C@@H](S[C@@H]2OC(COC(C)=O)[C@H](OC(C)=O)C(n3cc(-c4cccc(F)c4)nn3)C2OC(C)=O)C(OC(C)=O)C(n2cc(-c3cccc(F)c3)nn2)[C@H]1OC(C)=O. The number of benzene rings is 2. The van der Waals surface area contributed by atoms with Gasteiger partial charge in [0.1, 0.15) is 71.4 Å². The molecule has 2 aliphatic rings. The Hall–Kier alpha value is -6.33. The molecule has 0 aliphatic carbocycles. The van der Waals surface area contributed by atoms with Crippen LogP contribution in [0.3, 0.4) is 0 Å². The molecule has 63 heavy (non-hydrogen) atoms. The van der Waals surface area contributed by atoms with Crippen LogP contribution < -0.4 is 0 Å². The summed E-state index contributed by atoms with van der Waals surface area (Å²) in [5, 5.41) is 16.9. The Kier molecular flexibility index (Phi) is 14.8. The molecule has 2 aliphatic heterocycles. The number of hydrogen-bond acceptors (Lipinski definition) is 19. The van der Waals surface area contributed by atoms with Gasteiger partial charge in [-0.15, -0.1) is 10.2 Å². The highest BCUT2D eigenvalue weighted by Crippen LogP contribution is 2.46. The molecule has 4 aromatic rings. The van der Waals surface area contributed by atoms with Gasteiger partial charge in [0.15, 0.2) is 24.4 Å². The molecule has 0 radical (unpaired) electrons. The Morgan fingerprint density at radius 2 is 0.937 bits per heavy atom. The molecule has 0 saturated carbocycles. The van der Waals surface area contributed by atoms with Crippen LogP contribution in [0.15, 0.2) is 60.9 Å². The number of carbonyl (C=O) groups excluding carboxylic acids is 6. The van der Waals surface area contributed by atoms with E-state index < -0.39 is 120 Å². The molecule has 23 heteroatoms. The molecule has 2 aromatic heterocycles. The lowest BCUT2D eigenvalue weighted by atomic mass is 9.96. The normalized spacial score (nSPS) is 25.6. The lowest BCUT2D eigenvalue weighted by Crippen LogP contribution is -2.61. The average molecular weight is 901 g/mol. The maximum absolute atomic E-state index is 14.3. The van der Waals surface area contributed by atoms with Crippen molar-refractivity contribution in [1.82, 2.24) is 30.0 Å². The Labute approximate surface area is 361 Å². The zero-order chi connectivity index (χ0) is 45.5. The first kappa shape index (κ1) is 46.2. The van der Waals surface area contributed by atoms with Gasteiger partial charge in [-0.05, 0) is 24.3 Å². The van der Waals surface area contributed by atoms with E-state index in [1.54, 1.807) is 12.1 Å². The van der Waals surface area contributed by atoms with Crippen molar-refractivity contribution in [3.05, 3.63) is 72.6 Å². The molecule has 2 fully saturated rings. The van der Waals surface area contributed by atoms with Crippen molar-refractivity contribution in [2.24, 2.45) is 0 Å². The van der Waals surface area contributed by atoms with Crippen LogP contribution in [0.4, 0.5) is 8.78 Å². The van der Waals surface area contributed by atoms with Gasteiger partial charge >= 0.3 is 35.8 Å². The van der Waals surface area contributed by atoms with Crippen molar-refractivity contribution in [3.8, 4) is 22.5 Å². The zero-order valence-corrected chi connectivity index (χ0v) is 35.3. The minimum atomic E-state index is -1.48. The van der Waals surface area contributed by atoms with Gasteiger partial charge in [-0.1, -0.05) is 46.5 Å². The first-order chi connectivity index (χ1) is 30.0. The van der Waals surface area contributed by atoms with Crippen molar-refractivity contribution in [2.75, 3.05) is 13.2 Å². The second-order valence-corrected chi connectivity index (χ2v) is 15.5. The standard InChI is InChI=1S/C40H42F2N6O14S/c1-19(49)55-17-31-35(57-21(3)51)33(47-15-29(43-45-47)25-9-7-11-27(41)13-25)37(59-23(5)53)39(61-31)63-40-38(60-24(6)54)34(36(58-22(4)52)32(62-40)18-56-20(2)50)48-16-30(44-46-48)26-10-8-12-28(42)14-26/h7-16,31-40H,17-18H2,1-6H3/t31?,32?,33?,34?,35-,36-,37?,38?,39-,40-/m0/s1. The summed E-state index contributed by atoms with van der Waals surface area (Å²) in [6, 6.07) is 8.37. The lowest BCUT2D eigenvalue weighted by Gasteiger charge is -2.48. The van der Waals surface area contributed by atoms with Crippen LogP contribution >= 0.6 is 11.8 Å². The van der Waals surface area contributed by atoms with E-state index in [9.17, 15) is 37.5 Å². The average Bonchev–Trinajstić information content (AvgIpc) is 3.89. The van der Waals surface area contributed by atoms with E-state index in [-0.39, 0.29) is 11.4 Å². The number of halogens is 2. The van der Waals surface area contributed by atoms with E-state index in [1.165, 1.54) is 58.2 Å². The molecule has 0 bridgehead atoms. The van der Waals surface area contributed by atoms with Crippen LogP contribution in [-0.4, -0.2) is 127 Å². The largest absolute Gasteiger partial charge is 0.463 e. The van der Waals surface area contributed by atoms with Gasteiger partial charge in [0.25, 0.3) is 0 Å². The van der Waals surface area contributed by atoms with Crippen molar-refractivity contribution >= 4 is 47.6 Å². The molecule has 10 atom stereocenters. The molecule has 6 unspecified atom stereocenters. The van der Waals surface area contributed by atoms with Crippen LogP contribution in [-0.2, 0) is 66.7 Å². The monoisotopic (exact) mass is 900 g/mol. The Bertz CT molecular complexity index is 2170. The maximum atomic E-state index is 14.3. The highest BCUT2D eigenvalue weighted by atomic mass is 32.2. The molecule has 20 nitrogen and oxygen atoms in total. The molecule has 336 valence electrons. The third-order valence-electron chi connectivity index (χ3n) is 9.48. The van der Waals surface area contributed by atoms with Gasteiger partial charge in [-0.25, -0.2) is 18.1 Å². The van der Waals surface area contributed by atoms with Gasteiger partial charge in [-0.2, -0.15) is 0 Å². The second-order valence-electron chi connectivity index (χ2n) is 14.3. The fourth-order valence-corrected chi connectivity index (χ4v) is 8.54. The summed E-state index contributed by atoms with van der Waals surface area (Å²) < 4.78 is 78.0. The van der Waals surface area contributed by atoms with Gasteiger partial charge in [0.2, 0.25) is 0 Å². The summed E-state index contributed by atoms with van der Waals surface area (Å²) >= 11 is 0.784. The van der Waals surface area contributed by atoms with E-state index in [4.69, 9.17) is 37.9 Å². The molecule has 2 saturated heterocycles. The minimum absolute atomic E-state index is 0.175. The number of nitrogens with zero attached hydrogens (tertiary/aromatic N) is 6. The number of carbonyl (C=O) groups is 6. The second kappa shape index (κ2) is 20.2.